The van der Waals surface area contributed by atoms with Gasteiger partial charge in [-0.05, 0) is 19.3 Å². The average molecular weight is 282 g/mol. The molecule has 0 saturated heterocycles. The number of anilines is 2. The summed E-state index contributed by atoms with van der Waals surface area (Å²) in [6.45, 7) is 0. The number of hydrazine groups is 1. The van der Waals surface area contributed by atoms with E-state index in [1.807, 2.05) is 14.1 Å². The predicted octanol–water partition coefficient (Wildman–Crippen LogP) is 0.560. The lowest BCUT2D eigenvalue weighted by Crippen LogP contribution is -2.30. The highest BCUT2D eigenvalue weighted by molar-refractivity contribution is 5.36. The number of nitrogen functional groups attached to an aromatic ring is 1. The number of nitrogens with two attached hydrogens (primary N) is 1. The van der Waals surface area contributed by atoms with Crippen LogP contribution in [0.4, 0.5) is 11.9 Å². The largest absolute Gasteiger partial charge is 0.460 e. The lowest BCUT2D eigenvalue weighted by Gasteiger charge is -2.28. The van der Waals surface area contributed by atoms with Crippen LogP contribution in [0.3, 0.4) is 0 Å². The summed E-state index contributed by atoms with van der Waals surface area (Å²) in [4.78, 5) is 14.3. The van der Waals surface area contributed by atoms with Crippen molar-refractivity contribution in [2.45, 2.75) is 37.9 Å². The van der Waals surface area contributed by atoms with Gasteiger partial charge in [-0.1, -0.05) is 0 Å². The first-order chi connectivity index (χ1) is 9.62. The second-order valence-electron chi connectivity index (χ2n) is 5.04. The molecule has 1 fully saturated rings. The molecule has 8 heteroatoms. The van der Waals surface area contributed by atoms with E-state index in [0.717, 1.165) is 25.7 Å². The summed E-state index contributed by atoms with van der Waals surface area (Å²) in [5, 5.41) is 0. The molecule has 1 aliphatic rings. The van der Waals surface area contributed by atoms with Crippen molar-refractivity contribution < 1.29 is 9.47 Å². The van der Waals surface area contributed by atoms with Crippen LogP contribution in [0.25, 0.3) is 0 Å². The van der Waals surface area contributed by atoms with Crippen molar-refractivity contribution in [3.8, 4) is 6.01 Å². The van der Waals surface area contributed by atoms with Crippen LogP contribution in [0.15, 0.2) is 0 Å². The third-order valence-corrected chi connectivity index (χ3v) is 3.32. The summed E-state index contributed by atoms with van der Waals surface area (Å²) < 4.78 is 11.2. The van der Waals surface area contributed by atoms with Crippen LogP contribution in [-0.2, 0) is 4.74 Å². The number of hydrogen-bond acceptors (Lipinski definition) is 8. The van der Waals surface area contributed by atoms with E-state index >= 15 is 0 Å². The summed E-state index contributed by atoms with van der Waals surface area (Å²) in [7, 11) is 5.43. The van der Waals surface area contributed by atoms with Gasteiger partial charge >= 0.3 is 6.01 Å². The molecule has 0 aromatic carbocycles. The van der Waals surface area contributed by atoms with E-state index in [4.69, 9.17) is 15.3 Å². The molecule has 0 spiro atoms. The van der Waals surface area contributed by atoms with E-state index in [1.54, 1.807) is 12.0 Å². The number of ether oxygens (including phenoxy) is 2. The predicted molar refractivity (Wildman–Crippen MR) is 75.6 cm³/mol. The third kappa shape index (κ3) is 3.67. The molecule has 2 rings (SSSR count). The fourth-order valence-electron chi connectivity index (χ4n) is 2.24. The Morgan fingerprint density at radius 3 is 2.60 bits per heavy atom. The van der Waals surface area contributed by atoms with Gasteiger partial charge in [0.25, 0.3) is 0 Å². The quantitative estimate of drug-likeness (QED) is 0.597. The minimum atomic E-state index is 0.0664. The SMILES string of the molecule is COC1CCCC(Oc2nc(NN)nc(N(C)C)n2)C1. The smallest absolute Gasteiger partial charge is 0.323 e. The Morgan fingerprint density at radius 2 is 1.95 bits per heavy atom. The molecular formula is C12H22N6O2. The maximum Gasteiger partial charge on any atom is 0.323 e. The number of nitrogens with one attached hydrogen (secondary N) is 1. The molecular weight excluding hydrogens is 260 g/mol. The first-order valence-corrected chi connectivity index (χ1v) is 6.72. The second-order valence-corrected chi connectivity index (χ2v) is 5.04. The van der Waals surface area contributed by atoms with Crippen LogP contribution in [0, 0.1) is 0 Å². The number of aromatic nitrogens is 3. The zero-order valence-electron chi connectivity index (χ0n) is 12.2. The van der Waals surface area contributed by atoms with Crippen LogP contribution in [0.5, 0.6) is 6.01 Å². The maximum absolute atomic E-state index is 5.86. The Labute approximate surface area is 118 Å². The lowest BCUT2D eigenvalue weighted by atomic mass is 9.95. The molecule has 20 heavy (non-hydrogen) atoms. The van der Waals surface area contributed by atoms with E-state index in [9.17, 15) is 0 Å². The molecule has 112 valence electrons. The summed E-state index contributed by atoms with van der Waals surface area (Å²) in [6.07, 6.45) is 4.30. The van der Waals surface area contributed by atoms with Gasteiger partial charge in [-0.2, -0.15) is 15.0 Å². The van der Waals surface area contributed by atoms with Crippen molar-refractivity contribution >= 4 is 11.9 Å². The highest BCUT2D eigenvalue weighted by Gasteiger charge is 2.24. The minimum Gasteiger partial charge on any atom is -0.460 e. The molecule has 0 bridgehead atoms. The van der Waals surface area contributed by atoms with E-state index in [-0.39, 0.29) is 18.2 Å². The Hall–Kier alpha value is -1.67. The number of nitrogens with zero attached hydrogens (tertiary/aromatic N) is 4. The summed E-state index contributed by atoms with van der Waals surface area (Å²) in [5.41, 5.74) is 2.43. The standard InChI is InChI=1S/C12H22N6O2/c1-18(2)11-14-10(17-13)15-12(16-11)20-9-6-4-5-8(7-9)19-3/h8-9H,4-7,13H2,1-3H3,(H,14,15,16,17). The average Bonchev–Trinajstić information content (AvgIpc) is 2.47. The highest BCUT2D eigenvalue weighted by Crippen LogP contribution is 2.24. The van der Waals surface area contributed by atoms with Crippen LogP contribution in [0.2, 0.25) is 0 Å². The molecule has 1 aromatic rings. The minimum absolute atomic E-state index is 0.0664. The fraction of sp³-hybridized carbons (Fsp3) is 0.750. The maximum atomic E-state index is 5.86. The van der Waals surface area contributed by atoms with Gasteiger partial charge in [0.15, 0.2) is 0 Å². The van der Waals surface area contributed by atoms with Gasteiger partial charge < -0.3 is 14.4 Å². The summed E-state index contributed by atoms with van der Waals surface area (Å²) in [5.74, 6) is 6.16. The van der Waals surface area contributed by atoms with E-state index in [2.05, 4.69) is 20.4 Å². The molecule has 0 radical (unpaired) electrons. The van der Waals surface area contributed by atoms with Gasteiger partial charge in [0.2, 0.25) is 11.9 Å². The van der Waals surface area contributed by atoms with Crippen molar-refractivity contribution in [2.24, 2.45) is 5.84 Å². The van der Waals surface area contributed by atoms with Crippen LogP contribution in [0.1, 0.15) is 25.7 Å². The first-order valence-electron chi connectivity index (χ1n) is 6.72. The van der Waals surface area contributed by atoms with Crippen molar-refractivity contribution in [1.29, 1.82) is 0 Å². The van der Waals surface area contributed by atoms with E-state index < -0.39 is 0 Å². The van der Waals surface area contributed by atoms with Gasteiger partial charge in [0, 0.05) is 27.6 Å². The number of methoxy groups -OCH3 is 1. The van der Waals surface area contributed by atoms with Gasteiger partial charge in [-0.25, -0.2) is 5.84 Å². The van der Waals surface area contributed by atoms with Crippen LogP contribution >= 0.6 is 0 Å². The Bertz CT molecular complexity index is 442. The molecule has 1 saturated carbocycles. The van der Waals surface area contributed by atoms with Gasteiger partial charge in [-0.3, -0.25) is 5.43 Å². The zero-order chi connectivity index (χ0) is 14.5. The number of hydrogen-bond donors (Lipinski definition) is 2. The van der Waals surface area contributed by atoms with E-state index in [1.165, 1.54) is 0 Å². The Balaban J connectivity index is 2.09. The molecule has 1 heterocycles. The molecule has 8 nitrogen and oxygen atoms in total. The van der Waals surface area contributed by atoms with Crippen molar-refractivity contribution in [3.63, 3.8) is 0 Å². The van der Waals surface area contributed by atoms with Crippen molar-refractivity contribution in [1.82, 2.24) is 15.0 Å². The first kappa shape index (κ1) is 14.7. The topological polar surface area (TPSA) is 98.4 Å². The van der Waals surface area contributed by atoms with Gasteiger partial charge in [0.1, 0.15) is 6.10 Å². The molecule has 0 amide bonds. The van der Waals surface area contributed by atoms with Crippen LogP contribution < -0.4 is 20.9 Å². The zero-order valence-corrected chi connectivity index (χ0v) is 12.2. The Morgan fingerprint density at radius 1 is 1.20 bits per heavy atom. The third-order valence-electron chi connectivity index (χ3n) is 3.32. The van der Waals surface area contributed by atoms with Crippen LogP contribution in [-0.4, -0.2) is 48.4 Å². The van der Waals surface area contributed by atoms with Crippen molar-refractivity contribution in [3.05, 3.63) is 0 Å². The van der Waals surface area contributed by atoms with E-state index in [0.29, 0.717) is 12.0 Å². The summed E-state index contributed by atoms with van der Waals surface area (Å²) >= 11 is 0. The van der Waals surface area contributed by atoms with Gasteiger partial charge in [-0.15, -0.1) is 0 Å². The highest BCUT2D eigenvalue weighted by atomic mass is 16.5. The van der Waals surface area contributed by atoms with Crippen molar-refractivity contribution in [2.75, 3.05) is 31.5 Å². The second kappa shape index (κ2) is 6.67. The monoisotopic (exact) mass is 282 g/mol. The molecule has 1 aliphatic carbocycles. The molecule has 3 N–H and O–H groups in total. The normalized spacial score (nSPS) is 22.4. The molecule has 2 atom stereocenters. The Kier molecular flexibility index (Phi) is 4.91. The molecule has 2 unspecified atom stereocenters. The van der Waals surface area contributed by atoms with Gasteiger partial charge in [0.05, 0.1) is 6.10 Å². The molecule has 1 aromatic heterocycles. The molecule has 0 aliphatic heterocycles. The lowest BCUT2D eigenvalue weighted by molar-refractivity contribution is 0.0179. The number of rotatable bonds is 5. The summed E-state index contributed by atoms with van der Waals surface area (Å²) in [6, 6.07) is 0.290. The fourth-order valence-corrected chi connectivity index (χ4v) is 2.24.